The number of carbonyl (C=O) groups is 1. The number of nitrogens with one attached hydrogen (secondary N) is 1. The highest BCUT2D eigenvalue weighted by molar-refractivity contribution is 6.30. The molecule has 1 aromatic carbocycles. The van der Waals surface area contributed by atoms with Crippen molar-refractivity contribution in [1.29, 1.82) is 0 Å². The predicted molar refractivity (Wildman–Crippen MR) is 54.6 cm³/mol. The summed E-state index contributed by atoms with van der Waals surface area (Å²) in [6.07, 6.45) is 0.880. The number of hydrazine groups is 1. The van der Waals surface area contributed by atoms with E-state index in [9.17, 15) is 4.79 Å². The number of halogens is 1. The molecule has 0 bridgehead atoms. The van der Waals surface area contributed by atoms with Crippen LogP contribution >= 0.6 is 11.6 Å². The highest BCUT2D eigenvalue weighted by atomic mass is 35.5. The van der Waals surface area contributed by atoms with E-state index in [0.29, 0.717) is 10.9 Å². The van der Waals surface area contributed by atoms with Crippen molar-refractivity contribution in [1.82, 2.24) is 5.43 Å². The lowest BCUT2D eigenvalue weighted by Gasteiger charge is -1.99. The van der Waals surface area contributed by atoms with E-state index in [2.05, 4.69) is 5.43 Å². The van der Waals surface area contributed by atoms with Gasteiger partial charge in [-0.1, -0.05) is 23.7 Å². The van der Waals surface area contributed by atoms with Gasteiger partial charge in [0.05, 0.1) is 0 Å². The fraction of sp³-hybridized carbons (Fsp3) is 0.300. The molecule has 1 aliphatic rings. The Bertz CT molecular complexity index is 350. The highest BCUT2D eigenvalue weighted by Gasteiger charge is 2.43. The molecule has 0 saturated heterocycles. The highest BCUT2D eigenvalue weighted by Crippen LogP contribution is 2.47. The lowest BCUT2D eigenvalue weighted by molar-refractivity contribution is -0.122. The summed E-state index contributed by atoms with van der Waals surface area (Å²) >= 11 is 5.76. The van der Waals surface area contributed by atoms with E-state index in [1.807, 2.05) is 24.3 Å². The van der Waals surface area contributed by atoms with Crippen LogP contribution in [0.3, 0.4) is 0 Å². The molecule has 1 aliphatic carbocycles. The van der Waals surface area contributed by atoms with Crippen LogP contribution in [0, 0.1) is 5.92 Å². The molecule has 1 fully saturated rings. The molecule has 3 N–H and O–H groups in total. The molecule has 0 spiro atoms. The molecule has 3 nitrogen and oxygen atoms in total. The predicted octanol–water partition coefficient (Wildman–Crippen LogP) is 1.43. The second-order valence-corrected chi connectivity index (χ2v) is 3.95. The normalized spacial score (nSPS) is 24.4. The second kappa shape index (κ2) is 3.59. The van der Waals surface area contributed by atoms with Crippen molar-refractivity contribution in [3.63, 3.8) is 0 Å². The number of carbonyl (C=O) groups excluding carboxylic acids is 1. The van der Waals surface area contributed by atoms with Gasteiger partial charge in [-0.15, -0.1) is 0 Å². The third-order valence-corrected chi connectivity index (χ3v) is 2.82. The Balaban J connectivity index is 2.06. The van der Waals surface area contributed by atoms with Gasteiger partial charge in [-0.25, -0.2) is 5.84 Å². The van der Waals surface area contributed by atoms with Gasteiger partial charge in [0.25, 0.3) is 0 Å². The Labute approximate surface area is 87.2 Å². The number of hydrogen-bond acceptors (Lipinski definition) is 2. The van der Waals surface area contributed by atoms with Gasteiger partial charge in [0.2, 0.25) is 5.91 Å². The minimum Gasteiger partial charge on any atom is -0.294 e. The molecule has 0 radical (unpaired) electrons. The van der Waals surface area contributed by atoms with Crippen molar-refractivity contribution in [2.24, 2.45) is 11.8 Å². The smallest absolute Gasteiger partial charge is 0.237 e. The Hall–Kier alpha value is -1.06. The van der Waals surface area contributed by atoms with Crippen molar-refractivity contribution < 1.29 is 4.79 Å². The number of hydrogen-bond donors (Lipinski definition) is 2. The monoisotopic (exact) mass is 210 g/mol. The van der Waals surface area contributed by atoms with Crippen LogP contribution in [0.2, 0.25) is 5.02 Å². The summed E-state index contributed by atoms with van der Waals surface area (Å²) in [6, 6.07) is 7.59. The molecular formula is C10H11ClN2O. The summed E-state index contributed by atoms with van der Waals surface area (Å²) in [5, 5.41) is 0.717. The van der Waals surface area contributed by atoms with Crippen LogP contribution < -0.4 is 11.3 Å². The first-order chi connectivity index (χ1) is 6.72. The number of amides is 1. The van der Waals surface area contributed by atoms with Gasteiger partial charge in [0, 0.05) is 10.9 Å². The van der Waals surface area contributed by atoms with E-state index in [-0.39, 0.29) is 11.8 Å². The minimum atomic E-state index is -0.0788. The molecule has 2 atom stereocenters. The fourth-order valence-electron chi connectivity index (χ4n) is 1.67. The summed E-state index contributed by atoms with van der Waals surface area (Å²) in [5.41, 5.74) is 3.33. The molecule has 14 heavy (non-hydrogen) atoms. The lowest BCUT2D eigenvalue weighted by Crippen LogP contribution is -2.31. The molecule has 0 heterocycles. The topological polar surface area (TPSA) is 55.1 Å². The maximum atomic E-state index is 11.2. The Morgan fingerprint density at radius 2 is 2.07 bits per heavy atom. The lowest BCUT2D eigenvalue weighted by atomic mass is 10.1. The third kappa shape index (κ3) is 1.74. The summed E-state index contributed by atoms with van der Waals surface area (Å²) in [5.74, 6) is 5.34. The van der Waals surface area contributed by atoms with Gasteiger partial charge in [0.15, 0.2) is 0 Å². The van der Waals surface area contributed by atoms with Crippen molar-refractivity contribution in [2.75, 3.05) is 0 Å². The number of nitrogens with two attached hydrogens (primary N) is 1. The van der Waals surface area contributed by atoms with E-state index in [1.165, 1.54) is 0 Å². The molecule has 4 heteroatoms. The number of rotatable bonds is 2. The van der Waals surface area contributed by atoms with Crippen molar-refractivity contribution >= 4 is 17.5 Å². The van der Waals surface area contributed by atoms with Gasteiger partial charge in [-0.3, -0.25) is 10.2 Å². The maximum absolute atomic E-state index is 11.2. The quantitative estimate of drug-likeness (QED) is 0.441. The Morgan fingerprint density at radius 1 is 1.43 bits per heavy atom. The average Bonchev–Trinajstić information content (AvgIpc) is 2.98. The molecule has 74 valence electrons. The Morgan fingerprint density at radius 3 is 2.64 bits per heavy atom. The van der Waals surface area contributed by atoms with Crippen molar-refractivity contribution in [3.05, 3.63) is 34.9 Å². The summed E-state index contributed by atoms with van der Waals surface area (Å²) in [7, 11) is 0. The van der Waals surface area contributed by atoms with Crippen LogP contribution in [0.5, 0.6) is 0 Å². The summed E-state index contributed by atoms with van der Waals surface area (Å²) in [6.45, 7) is 0. The summed E-state index contributed by atoms with van der Waals surface area (Å²) < 4.78 is 0. The second-order valence-electron chi connectivity index (χ2n) is 3.51. The van der Waals surface area contributed by atoms with Gasteiger partial charge >= 0.3 is 0 Å². The van der Waals surface area contributed by atoms with Gasteiger partial charge in [-0.05, 0) is 30.0 Å². The zero-order valence-corrected chi connectivity index (χ0v) is 8.29. The van der Waals surface area contributed by atoms with Crippen molar-refractivity contribution in [3.8, 4) is 0 Å². The molecular weight excluding hydrogens is 200 g/mol. The van der Waals surface area contributed by atoms with E-state index in [4.69, 9.17) is 17.4 Å². The van der Waals surface area contributed by atoms with E-state index in [0.717, 1.165) is 12.0 Å². The third-order valence-electron chi connectivity index (χ3n) is 2.57. The first kappa shape index (κ1) is 9.49. The van der Waals surface area contributed by atoms with E-state index < -0.39 is 0 Å². The molecule has 0 aliphatic heterocycles. The van der Waals surface area contributed by atoms with Crippen LogP contribution in [-0.4, -0.2) is 5.91 Å². The molecule has 1 aromatic rings. The first-order valence-corrected chi connectivity index (χ1v) is 4.86. The maximum Gasteiger partial charge on any atom is 0.237 e. The average molecular weight is 211 g/mol. The first-order valence-electron chi connectivity index (χ1n) is 4.48. The van der Waals surface area contributed by atoms with Gasteiger partial charge in [-0.2, -0.15) is 0 Å². The van der Waals surface area contributed by atoms with Crippen LogP contribution in [0.25, 0.3) is 0 Å². The van der Waals surface area contributed by atoms with Crippen LogP contribution in [-0.2, 0) is 4.79 Å². The molecule has 0 aromatic heterocycles. The minimum absolute atomic E-state index is 0.0428. The zero-order chi connectivity index (χ0) is 10.1. The zero-order valence-electron chi connectivity index (χ0n) is 7.53. The van der Waals surface area contributed by atoms with Crippen LogP contribution in [0.15, 0.2) is 24.3 Å². The molecule has 0 unspecified atom stereocenters. The number of benzene rings is 1. The standard InChI is InChI=1S/C10H11ClN2O/c11-7-3-1-6(2-4-7)8-5-9(8)10(14)13-12/h1-4,8-9H,5,12H2,(H,13,14)/t8-,9-/m0/s1. The summed E-state index contributed by atoms with van der Waals surface area (Å²) in [4.78, 5) is 11.2. The van der Waals surface area contributed by atoms with Gasteiger partial charge < -0.3 is 0 Å². The van der Waals surface area contributed by atoms with E-state index >= 15 is 0 Å². The van der Waals surface area contributed by atoms with Crippen molar-refractivity contribution in [2.45, 2.75) is 12.3 Å². The van der Waals surface area contributed by atoms with Crippen LogP contribution in [0.4, 0.5) is 0 Å². The molecule has 1 amide bonds. The Kier molecular flexibility index (Phi) is 2.44. The fourth-order valence-corrected chi connectivity index (χ4v) is 1.80. The molecule has 1 saturated carbocycles. The van der Waals surface area contributed by atoms with Crippen LogP contribution in [0.1, 0.15) is 17.9 Å². The van der Waals surface area contributed by atoms with E-state index in [1.54, 1.807) is 0 Å². The SMILES string of the molecule is NNC(=O)[C@H]1C[C@H]1c1ccc(Cl)cc1. The largest absolute Gasteiger partial charge is 0.294 e. The van der Waals surface area contributed by atoms with Gasteiger partial charge in [0.1, 0.15) is 0 Å². The molecule has 2 rings (SSSR count).